The number of hydrogen-bond acceptors (Lipinski definition) is 3. The highest BCUT2D eigenvalue weighted by atomic mass is 35.5. The average Bonchev–Trinajstić information content (AvgIpc) is 2.37. The Bertz CT molecular complexity index is 638. The fourth-order valence-corrected chi connectivity index (χ4v) is 4.32. The molecule has 10 heteroatoms. The molecule has 1 aliphatic rings. The zero-order valence-electron chi connectivity index (χ0n) is 11.5. The van der Waals surface area contributed by atoms with Crippen LogP contribution in [0.1, 0.15) is 12.5 Å². The minimum absolute atomic E-state index is 0. The Morgan fingerprint density at radius 3 is 2.55 bits per heavy atom. The lowest BCUT2D eigenvalue weighted by atomic mass is 10.2. The van der Waals surface area contributed by atoms with Crippen LogP contribution in [0.5, 0.6) is 0 Å². The Morgan fingerprint density at radius 1 is 1.36 bits per heavy atom. The van der Waals surface area contributed by atoms with Gasteiger partial charge in [0.15, 0.2) is 0 Å². The Labute approximate surface area is 138 Å². The molecular formula is C12H15Cl2F3N2O2S. The number of rotatable bonds is 2. The van der Waals surface area contributed by atoms with Crippen LogP contribution >= 0.6 is 24.0 Å². The Hall–Kier alpha value is -0.540. The van der Waals surface area contributed by atoms with Crippen molar-refractivity contribution >= 4 is 34.0 Å². The van der Waals surface area contributed by atoms with E-state index in [0.29, 0.717) is 19.2 Å². The van der Waals surface area contributed by atoms with Gasteiger partial charge in [-0.1, -0.05) is 11.6 Å². The van der Waals surface area contributed by atoms with Gasteiger partial charge in [-0.05, 0) is 25.1 Å². The molecule has 0 spiro atoms. The lowest BCUT2D eigenvalue weighted by molar-refractivity contribution is -0.137. The van der Waals surface area contributed by atoms with E-state index in [0.717, 1.165) is 12.1 Å². The van der Waals surface area contributed by atoms with E-state index in [-0.39, 0.29) is 30.0 Å². The molecule has 0 radical (unpaired) electrons. The van der Waals surface area contributed by atoms with Gasteiger partial charge in [0, 0.05) is 25.7 Å². The highest BCUT2D eigenvalue weighted by molar-refractivity contribution is 7.89. The molecule has 22 heavy (non-hydrogen) atoms. The first-order valence-electron chi connectivity index (χ1n) is 6.23. The van der Waals surface area contributed by atoms with Gasteiger partial charge in [0.25, 0.3) is 0 Å². The normalized spacial score (nSPS) is 20.5. The summed E-state index contributed by atoms with van der Waals surface area (Å²) >= 11 is 5.81. The predicted octanol–water partition coefficient (Wildman–Crippen LogP) is 2.76. The second kappa shape index (κ2) is 6.92. The number of halogens is 5. The standard InChI is InChI=1S/C12H14ClF3N2O2S.ClH/c1-8-7-17-4-5-18(8)21(19,20)11-6-9(12(14,15)16)2-3-10(11)13;/h2-3,6,8,17H,4-5,7H2,1H3;1H. The van der Waals surface area contributed by atoms with Gasteiger partial charge in [-0.2, -0.15) is 17.5 Å². The molecular weight excluding hydrogens is 364 g/mol. The second-order valence-corrected chi connectivity index (χ2v) is 7.08. The minimum atomic E-state index is -4.62. The molecule has 0 aliphatic carbocycles. The quantitative estimate of drug-likeness (QED) is 0.860. The van der Waals surface area contributed by atoms with Crippen LogP contribution in [0.2, 0.25) is 5.02 Å². The Morgan fingerprint density at radius 2 is 2.00 bits per heavy atom. The smallest absolute Gasteiger partial charge is 0.314 e. The summed E-state index contributed by atoms with van der Waals surface area (Å²) in [6.07, 6.45) is -4.62. The molecule has 0 saturated carbocycles. The maximum absolute atomic E-state index is 12.7. The van der Waals surface area contributed by atoms with Crippen molar-refractivity contribution in [2.75, 3.05) is 19.6 Å². The fraction of sp³-hybridized carbons (Fsp3) is 0.500. The molecule has 1 fully saturated rings. The molecule has 1 aromatic rings. The SMILES string of the molecule is CC1CNCCN1S(=O)(=O)c1cc(C(F)(F)F)ccc1Cl.Cl. The van der Waals surface area contributed by atoms with Crippen molar-refractivity contribution in [2.24, 2.45) is 0 Å². The van der Waals surface area contributed by atoms with Crippen molar-refractivity contribution in [1.29, 1.82) is 0 Å². The summed E-state index contributed by atoms with van der Waals surface area (Å²) in [6.45, 7) is 2.76. The number of sulfonamides is 1. The molecule has 0 bridgehead atoms. The maximum Gasteiger partial charge on any atom is 0.416 e. The predicted molar refractivity (Wildman–Crippen MR) is 79.9 cm³/mol. The highest BCUT2D eigenvalue weighted by Crippen LogP contribution is 2.34. The van der Waals surface area contributed by atoms with Gasteiger partial charge in [0.2, 0.25) is 10.0 Å². The van der Waals surface area contributed by atoms with E-state index in [4.69, 9.17) is 11.6 Å². The van der Waals surface area contributed by atoms with E-state index >= 15 is 0 Å². The number of hydrogen-bond donors (Lipinski definition) is 1. The number of benzene rings is 1. The summed E-state index contributed by atoms with van der Waals surface area (Å²) < 4.78 is 64.5. The number of alkyl halides is 3. The van der Waals surface area contributed by atoms with Crippen molar-refractivity contribution in [3.05, 3.63) is 28.8 Å². The maximum atomic E-state index is 12.7. The van der Waals surface area contributed by atoms with Crippen LogP contribution in [0.25, 0.3) is 0 Å². The summed E-state index contributed by atoms with van der Waals surface area (Å²) in [5.74, 6) is 0. The van der Waals surface area contributed by atoms with Crippen molar-refractivity contribution in [3.63, 3.8) is 0 Å². The molecule has 126 valence electrons. The first kappa shape index (κ1) is 19.5. The third-order valence-corrected chi connectivity index (χ3v) is 5.78. The van der Waals surface area contributed by atoms with E-state index in [1.807, 2.05) is 0 Å². The first-order chi connectivity index (χ1) is 9.64. The van der Waals surface area contributed by atoms with Crippen molar-refractivity contribution in [1.82, 2.24) is 9.62 Å². The monoisotopic (exact) mass is 378 g/mol. The van der Waals surface area contributed by atoms with Crippen LogP contribution in [0, 0.1) is 0 Å². The Balaban J connectivity index is 0.00000242. The number of nitrogens with zero attached hydrogens (tertiary/aromatic N) is 1. The van der Waals surface area contributed by atoms with Gasteiger partial charge in [-0.15, -0.1) is 12.4 Å². The highest BCUT2D eigenvalue weighted by Gasteiger charge is 2.36. The molecule has 1 heterocycles. The lowest BCUT2D eigenvalue weighted by Crippen LogP contribution is -2.52. The Kier molecular flexibility index (Phi) is 6.14. The van der Waals surface area contributed by atoms with Gasteiger partial charge >= 0.3 is 6.18 Å². The zero-order chi connectivity index (χ0) is 15.8. The molecule has 1 aromatic carbocycles. The van der Waals surface area contributed by atoms with Crippen LogP contribution in [-0.4, -0.2) is 38.4 Å². The van der Waals surface area contributed by atoms with Crippen LogP contribution in [0.3, 0.4) is 0 Å². The average molecular weight is 379 g/mol. The molecule has 4 nitrogen and oxygen atoms in total. The van der Waals surface area contributed by atoms with Crippen molar-refractivity contribution in [2.45, 2.75) is 24.0 Å². The summed E-state index contributed by atoms with van der Waals surface area (Å²) in [5, 5.41) is 2.81. The zero-order valence-corrected chi connectivity index (χ0v) is 13.9. The van der Waals surface area contributed by atoms with Crippen LogP contribution in [0.15, 0.2) is 23.1 Å². The minimum Gasteiger partial charge on any atom is -0.314 e. The first-order valence-corrected chi connectivity index (χ1v) is 8.05. The van der Waals surface area contributed by atoms with E-state index in [2.05, 4.69) is 5.32 Å². The van der Waals surface area contributed by atoms with Crippen molar-refractivity contribution in [3.8, 4) is 0 Å². The summed E-state index contributed by atoms with van der Waals surface area (Å²) in [6, 6.07) is 1.97. The fourth-order valence-electron chi connectivity index (χ4n) is 2.18. The molecule has 0 amide bonds. The summed E-state index contributed by atoms with van der Waals surface area (Å²) in [5.41, 5.74) is -1.03. The summed E-state index contributed by atoms with van der Waals surface area (Å²) in [4.78, 5) is -0.507. The third-order valence-electron chi connectivity index (χ3n) is 3.29. The molecule has 0 aromatic heterocycles. The van der Waals surface area contributed by atoms with E-state index in [1.54, 1.807) is 6.92 Å². The molecule has 1 aliphatic heterocycles. The van der Waals surface area contributed by atoms with E-state index in [1.165, 1.54) is 4.31 Å². The molecule has 1 saturated heterocycles. The van der Waals surface area contributed by atoms with E-state index in [9.17, 15) is 21.6 Å². The largest absolute Gasteiger partial charge is 0.416 e. The molecule has 1 atom stereocenters. The van der Waals surface area contributed by atoms with Gasteiger partial charge in [-0.3, -0.25) is 0 Å². The molecule has 1 N–H and O–H groups in total. The van der Waals surface area contributed by atoms with Crippen LogP contribution in [-0.2, 0) is 16.2 Å². The number of piperazine rings is 1. The van der Waals surface area contributed by atoms with Crippen LogP contribution in [0.4, 0.5) is 13.2 Å². The van der Waals surface area contributed by atoms with Crippen LogP contribution < -0.4 is 5.32 Å². The van der Waals surface area contributed by atoms with E-state index < -0.39 is 26.7 Å². The summed E-state index contributed by atoms with van der Waals surface area (Å²) in [7, 11) is -4.06. The van der Waals surface area contributed by atoms with Gasteiger partial charge < -0.3 is 5.32 Å². The van der Waals surface area contributed by atoms with Gasteiger partial charge in [-0.25, -0.2) is 8.42 Å². The topological polar surface area (TPSA) is 49.4 Å². The van der Waals surface area contributed by atoms with Gasteiger partial charge in [0.1, 0.15) is 4.90 Å². The van der Waals surface area contributed by atoms with Gasteiger partial charge in [0.05, 0.1) is 10.6 Å². The third kappa shape index (κ3) is 3.86. The van der Waals surface area contributed by atoms with Crippen molar-refractivity contribution < 1.29 is 21.6 Å². The molecule has 1 unspecified atom stereocenters. The number of nitrogens with one attached hydrogen (secondary N) is 1. The second-order valence-electron chi connectivity index (χ2n) is 4.81. The lowest BCUT2D eigenvalue weighted by Gasteiger charge is -2.33. The molecule has 2 rings (SSSR count).